The number of nitrogens with zero attached hydrogens (tertiary/aromatic N) is 4. The summed E-state index contributed by atoms with van der Waals surface area (Å²) in [5, 5.41) is 0. The van der Waals surface area contributed by atoms with Crippen LogP contribution in [-0.2, 0) is 7.05 Å². The molecule has 4 rings (SSSR count). The van der Waals surface area contributed by atoms with Crippen LogP contribution in [0.3, 0.4) is 0 Å². The van der Waals surface area contributed by atoms with Gasteiger partial charge in [-0.15, -0.1) is 11.3 Å². The van der Waals surface area contributed by atoms with E-state index < -0.39 is 0 Å². The number of hydrogen-bond donors (Lipinski definition) is 0. The lowest BCUT2D eigenvalue weighted by molar-refractivity contribution is 0.0751. The van der Waals surface area contributed by atoms with Crippen LogP contribution in [0.4, 0.5) is 5.82 Å². The van der Waals surface area contributed by atoms with E-state index in [1.165, 1.54) is 11.3 Å². The number of piperazine rings is 1. The van der Waals surface area contributed by atoms with Gasteiger partial charge in [0.15, 0.2) is 5.82 Å². The van der Waals surface area contributed by atoms with Gasteiger partial charge in [-0.3, -0.25) is 9.59 Å². The minimum Gasteiger partial charge on any atom is -0.348 e. The smallest absolute Gasteiger partial charge is 0.293 e. The van der Waals surface area contributed by atoms with Crippen molar-refractivity contribution in [3.63, 3.8) is 0 Å². The van der Waals surface area contributed by atoms with Crippen molar-refractivity contribution in [3.05, 3.63) is 56.5 Å². The second-order valence-corrected chi connectivity index (χ2v) is 7.77. The summed E-state index contributed by atoms with van der Waals surface area (Å²) in [5.41, 5.74) is 1.53. The van der Waals surface area contributed by atoms with E-state index in [1.807, 2.05) is 53.1 Å². The zero-order valence-electron chi connectivity index (χ0n) is 14.8. The molecular formula is C19H20N4O2S. The fraction of sp³-hybridized carbons (Fsp3) is 0.316. The molecule has 1 fully saturated rings. The maximum absolute atomic E-state index is 12.7. The number of rotatable bonds is 2. The van der Waals surface area contributed by atoms with E-state index in [2.05, 4.69) is 4.98 Å². The van der Waals surface area contributed by atoms with Gasteiger partial charge in [0, 0.05) is 38.1 Å². The highest BCUT2D eigenvalue weighted by Gasteiger charge is 2.25. The summed E-state index contributed by atoms with van der Waals surface area (Å²) < 4.78 is 1.64. The first-order valence-corrected chi connectivity index (χ1v) is 9.42. The molecule has 0 atom stereocenters. The molecule has 1 aromatic carbocycles. The van der Waals surface area contributed by atoms with Gasteiger partial charge in [0.2, 0.25) is 0 Å². The first-order chi connectivity index (χ1) is 12.5. The van der Waals surface area contributed by atoms with Crippen LogP contribution < -0.4 is 10.5 Å². The maximum Gasteiger partial charge on any atom is 0.293 e. The number of aryl methyl sites for hydroxylation is 2. The zero-order valence-corrected chi connectivity index (χ0v) is 15.6. The van der Waals surface area contributed by atoms with E-state index in [0.717, 1.165) is 20.8 Å². The van der Waals surface area contributed by atoms with E-state index in [1.54, 1.807) is 11.6 Å². The van der Waals surface area contributed by atoms with Gasteiger partial charge >= 0.3 is 0 Å². The Balaban J connectivity index is 1.55. The van der Waals surface area contributed by atoms with Crippen LogP contribution in [0.25, 0.3) is 11.0 Å². The van der Waals surface area contributed by atoms with E-state index in [-0.39, 0.29) is 11.5 Å². The molecule has 3 heterocycles. The predicted molar refractivity (Wildman–Crippen MR) is 104 cm³/mol. The van der Waals surface area contributed by atoms with Gasteiger partial charge < -0.3 is 14.4 Å². The second kappa shape index (κ2) is 6.57. The van der Waals surface area contributed by atoms with Crippen molar-refractivity contribution in [3.8, 4) is 0 Å². The van der Waals surface area contributed by atoms with E-state index >= 15 is 0 Å². The lowest BCUT2D eigenvalue weighted by Crippen LogP contribution is -2.50. The van der Waals surface area contributed by atoms with E-state index in [4.69, 9.17) is 0 Å². The monoisotopic (exact) mass is 368 g/mol. The number of carbonyl (C=O) groups excluding carboxylic acids is 1. The van der Waals surface area contributed by atoms with Crippen molar-refractivity contribution in [2.45, 2.75) is 6.92 Å². The topological polar surface area (TPSA) is 58.4 Å². The molecule has 134 valence electrons. The first kappa shape index (κ1) is 16.8. The number of hydrogen-bond acceptors (Lipinski definition) is 5. The molecule has 26 heavy (non-hydrogen) atoms. The number of para-hydroxylation sites is 2. The summed E-state index contributed by atoms with van der Waals surface area (Å²) in [6, 6.07) is 11.5. The van der Waals surface area contributed by atoms with Crippen LogP contribution in [0.15, 0.2) is 41.2 Å². The predicted octanol–water partition coefficient (Wildman–Crippen LogP) is 2.27. The van der Waals surface area contributed by atoms with Gasteiger partial charge in [-0.1, -0.05) is 12.1 Å². The van der Waals surface area contributed by atoms with E-state index in [0.29, 0.717) is 32.0 Å². The number of amides is 1. The molecular weight excluding hydrogens is 348 g/mol. The minimum absolute atomic E-state index is 0.0714. The highest BCUT2D eigenvalue weighted by atomic mass is 32.1. The van der Waals surface area contributed by atoms with Crippen molar-refractivity contribution in [1.82, 2.24) is 14.5 Å². The van der Waals surface area contributed by atoms with Gasteiger partial charge in [0.25, 0.3) is 11.5 Å². The summed E-state index contributed by atoms with van der Waals surface area (Å²) >= 11 is 1.52. The average molecular weight is 368 g/mol. The molecule has 1 saturated heterocycles. The van der Waals surface area contributed by atoms with Crippen molar-refractivity contribution in [1.29, 1.82) is 0 Å². The van der Waals surface area contributed by atoms with Gasteiger partial charge in [-0.2, -0.15) is 0 Å². The molecule has 0 radical (unpaired) electrons. The number of thiophene rings is 1. The van der Waals surface area contributed by atoms with Crippen LogP contribution in [-0.4, -0.2) is 46.5 Å². The largest absolute Gasteiger partial charge is 0.348 e. The summed E-state index contributed by atoms with van der Waals surface area (Å²) in [5.74, 6) is 0.535. The fourth-order valence-corrected chi connectivity index (χ4v) is 4.13. The zero-order chi connectivity index (χ0) is 18.3. The summed E-state index contributed by atoms with van der Waals surface area (Å²) in [4.78, 5) is 35.6. The van der Waals surface area contributed by atoms with Gasteiger partial charge in [-0.25, -0.2) is 4.98 Å². The van der Waals surface area contributed by atoms with Crippen LogP contribution in [0.1, 0.15) is 14.5 Å². The molecule has 0 N–H and O–H groups in total. The normalized spacial score (nSPS) is 14.8. The van der Waals surface area contributed by atoms with Gasteiger partial charge in [0.05, 0.1) is 15.9 Å². The third kappa shape index (κ3) is 2.88. The Hall–Kier alpha value is -2.67. The molecule has 1 amide bonds. The molecule has 3 aromatic rings. The Morgan fingerprint density at radius 3 is 2.50 bits per heavy atom. The third-order valence-corrected chi connectivity index (χ3v) is 5.77. The Morgan fingerprint density at radius 2 is 1.81 bits per heavy atom. The molecule has 0 bridgehead atoms. The van der Waals surface area contributed by atoms with Crippen LogP contribution in [0.5, 0.6) is 0 Å². The molecule has 0 spiro atoms. The van der Waals surface area contributed by atoms with Gasteiger partial charge in [-0.05, 0) is 31.2 Å². The minimum atomic E-state index is -0.0997. The van der Waals surface area contributed by atoms with Gasteiger partial charge in [0.1, 0.15) is 0 Å². The molecule has 0 unspecified atom stereocenters. The SMILES string of the molecule is Cc1ccc(C(=O)N2CCN(c3nc4ccccc4n(C)c3=O)CC2)s1. The summed E-state index contributed by atoms with van der Waals surface area (Å²) in [7, 11) is 1.77. The molecule has 1 aliphatic heterocycles. The Labute approximate surface area is 155 Å². The number of anilines is 1. The number of carbonyl (C=O) groups is 1. The highest BCUT2D eigenvalue weighted by Crippen LogP contribution is 2.19. The maximum atomic E-state index is 12.7. The molecule has 0 saturated carbocycles. The second-order valence-electron chi connectivity index (χ2n) is 6.48. The lowest BCUT2D eigenvalue weighted by atomic mass is 10.2. The Morgan fingerprint density at radius 1 is 1.08 bits per heavy atom. The van der Waals surface area contributed by atoms with Crippen LogP contribution in [0.2, 0.25) is 0 Å². The highest BCUT2D eigenvalue weighted by molar-refractivity contribution is 7.13. The Kier molecular flexibility index (Phi) is 4.24. The quantitative estimate of drug-likeness (QED) is 0.696. The molecule has 1 aliphatic rings. The first-order valence-electron chi connectivity index (χ1n) is 8.61. The number of benzene rings is 1. The number of fused-ring (bicyclic) bond motifs is 1. The van der Waals surface area contributed by atoms with Crippen LogP contribution >= 0.6 is 11.3 Å². The van der Waals surface area contributed by atoms with Crippen LogP contribution in [0, 0.1) is 6.92 Å². The third-order valence-electron chi connectivity index (χ3n) is 4.78. The number of aromatic nitrogens is 2. The van der Waals surface area contributed by atoms with Crippen molar-refractivity contribution in [2.75, 3.05) is 31.1 Å². The summed E-state index contributed by atoms with van der Waals surface area (Å²) in [6.07, 6.45) is 0. The average Bonchev–Trinajstić information content (AvgIpc) is 3.11. The summed E-state index contributed by atoms with van der Waals surface area (Å²) in [6.45, 7) is 4.40. The lowest BCUT2D eigenvalue weighted by Gasteiger charge is -2.35. The molecule has 2 aromatic heterocycles. The fourth-order valence-electron chi connectivity index (χ4n) is 3.30. The molecule has 6 nitrogen and oxygen atoms in total. The van der Waals surface area contributed by atoms with Crippen molar-refractivity contribution < 1.29 is 4.79 Å². The van der Waals surface area contributed by atoms with E-state index in [9.17, 15) is 9.59 Å². The molecule has 7 heteroatoms. The van der Waals surface area contributed by atoms with Crippen molar-refractivity contribution in [2.24, 2.45) is 7.05 Å². The molecule has 0 aliphatic carbocycles. The standard InChI is InChI=1S/C19H20N4O2S/c1-13-7-8-16(26-13)18(24)23-11-9-22(10-12-23)17-19(25)21(2)15-6-4-3-5-14(15)20-17/h3-8H,9-12H2,1-2H3. The Bertz CT molecular complexity index is 1030. The van der Waals surface area contributed by atoms with Crippen molar-refractivity contribution >= 4 is 34.1 Å².